The number of hydrogen-bond donors (Lipinski definition) is 1. The summed E-state index contributed by atoms with van der Waals surface area (Å²) in [4.78, 5) is 12.1. The number of halogens is 2. The molecule has 1 fully saturated rings. The van der Waals surface area contributed by atoms with Crippen molar-refractivity contribution in [1.82, 2.24) is 5.32 Å². The highest BCUT2D eigenvalue weighted by atomic mass is 79.9. The van der Waals surface area contributed by atoms with Gasteiger partial charge in [0.25, 0.3) is 0 Å². The number of nitrogens with one attached hydrogen (secondary N) is 1. The number of piperidine rings is 1. The molecule has 4 heteroatoms. The van der Waals surface area contributed by atoms with Gasteiger partial charge in [-0.25, -0.2) is 4.39 Å². The minimum atomic E-state index is -0.332. The average molecular weight is 286 g/mol. The maximum absolute atomic E-state index is 13.0. The third kappa shape index (κ3) is 2.50. The fraction of sp³-hybridized carbons (Fsp3) is 0.417. The molecule has 0 atom stereocenters. The highest BCUT2D eigenvalue weighted by Crippen LogP contribution is 2.22. The first-order valence-electron chi connectivity index (χ1n) is 5.38. The van der Waals surface area contributed by atoms with E-state index < -0.39 is 0 Å². The van der Waals surface area contributed by atoms with Crippen LogP contribution in [0.1, 0.15) is 23.2 Å². The van der Waals surface area contributed by atoms with Crippen LogP contribution in [0.5, 0.6) is 0 Å². The molecular weight excluding hydrogens is 273 g/mol. The van der Waals surface area contributed by atoms with E-state index in [1.807, 2.05) is 0 Å². The molecule has 0 saturated carbocycles. The maximum Gasteiger partial charge on any atom is 0.166 e. The molecule has 2 nitrogen and oxygen atoms in total. The SMILES string of the molecule is O=C(c1ccc(F)c(Br)c1)C1CCNCC1. The van der Waals surface area contributed by atoms with Gasteiger partial charge >= 0.3 is 0 Å². The number of rotatable bonds is 2. The summed E-state index contributed by atoms with van der Waals surface area (Å²) in [7, 11) is 0. The van der Waals surface area contributed by atoms with E-state index in [1.54, 1.807) is 12.1 Å². The van der Waals surface area contributed by atoms with Gasteiger partial charge in [0, 0.05) is 11.5 Å². The van der Waals surface area contributed by atoms with Crippen molar-refractivity contribution in [3.05, 3.63) is 34.1 Å². The Labute approximate surface area is 102 Å². The van der Waals surface area contributed by atoms with Crippen molar-refractivity contribution in [2.75, 3.05) is 13.1 Å². The second kappa shape index (κ2) is 5.06. The zero-order valence-corrected chi connectivity index (χ0v) is 10.4. The van der Waals surface area contributed by atoms with Gasteiger partial charge in [-0.3, -0.25) is 4.79 Å². The highest BCUT2D eigenvalue weighted by molar-refractivity contribution is 9.10. The van der Waals surface area contributed by atoms with Crippen LogP contribution in [0.3, 0.4) is 0 Å². The predicted molar refractivity (Wildman–Crippen MR) is 64.0 cm³/mol. The molecule has 0 spiro atoms. The molecule has 1 aromatic carbocycles. The molecule has 1 aromatic rings. The van der Waals surface area contributed by atoms with E-state index in [-0.39, 0.29) is 17.5 Å². The zero-order valence-electron chi connectivity index (χ0n) is 8.80. The molecule has 0 amide bonds. The summed E-state index contributed by atoms with van der Waals surface area (Å²) in [6, 6.07) is 4.46. The van der Waals surface area contributed by atoms with Crippen LogP contribution >= 0.6 is 15.9 Å². The Morgan fingerprint density at radius 2 is 2.06 bits per heavy atom. The first-order valence-corrected chi connectivity index (χ1v) is 6.18. The van der Waals surface area contributed by atoms with Gasteiger partial charge in [0.05, 0.1) is 4.47 Å². The van der Waals surface area contributed by atoms with E-state index in [0.717, 1.165) is 25.9 Å². The molecule has 1 N–H and O–H groups in total. The Bertz CT molecular complexity index is 402. The number of ketones is 1. The van der Waals surface area contributed by atoms with Gasteiger partial charge in [0.15, 0.2) is 5.78 Å². The third-order valence-electron chi connectivity index (χ3n) is 2.91. The Morgan fingerprint density at radius 1 is 1.38 bits per heavy atom. The van der Waals surface area contributed by atoms with Crippen molar-refractivity contribution >= 4 is 21.7 Å². The van der Waals surface area contributed by atoms with Crippen LogP contribution in [-0.4, -0.2) is 18.9 Å². The van der Waals surface area contributed by atoms with E-state index in [9.17, 15) is 9.18 Å². The van der Waals surface area contributed by atoms with E-state index in [2.05, 4.69) is 21.2 Å². The topological polar surface area (TPSA) is 29.1 Å². The minimum absolute atomic E-state index is 0.0820. The lowest BCUT2D eigenvalue weighted by Gasteiger charge is -2.21. The number of carbonyl (C=O) groups is 1. The van der Waals surface area contributed by atoms with Gasteiger partial charge < -0.3 is 5.32 Å². The number of hydrogen-bond acceptors (Lipinski definition) is 2. The van der Waals surface area contributed by atoms with Gasteiger partial charge in [0.2, 0.25) is 0 Å². The standard InChI is InChI=1S/C12H13BrFNO/c13-10-7-9(1-2-11(10)14)12(16)8-3-5-15-6-4-8/h1-2,7-8,15H,3-6H2. The molecular formula is C12H13BrFNO. The van der Waals surface area contributed by atoms with Gasteiger partial charge in [0.1, 0.15) is 5.82 Å². The highest BCUT2D eigenvalue weighted by Gasteiger charge is 2.22. The van der Waals surface area contributed by atoms with Gasteiger partial charge in [-0.1, -0.05) is 0 Å². The van der Waals surface area contributed by atoms with E-state index in [4.69, 9.17) is 0 Å². The summed E-state index contributed by atoms with van der Waals surface area (Å²) in [5.41, 5.74) is 0.597. The van der Waals surface area contributed by atoms with Crippen molar-refractivity contribution in [3.63, 3.8) is 0 Å². The largest absolute Gasteiger partial charge is 0.317 e. The normalized spacial score (nSPS) is 17.4. The van der Waals surface area contributed by atoms with Crippen LogP contribution in [0.15, 0.2) is 22.7 Å². The molecule has 2 rings (SSSR count). The van der Waals surface area contributed by atoms with Crippen LogP contribution < -0.4 is 5.32 Å². The number of Topliss-reactive ketones (excluding diaryl/α,β-unsaturated/α-hetero) is 1. The van der Waals surface area contributed by atoms with Crippen molar-refractivity contribution in [2.24, 2.45) is 5.92 Å². The van der Waals surface area contributed by atoms with Crippen LogP contribution in [0.25, 0.3) is 0 Å². The second-order valence-electron chi connectivity index (χ2n) is 4.02. The summed E-state index contributed by atoms with van der Waals surface area (Å²) in [6.07, 6.45) is 1.74. The molecule has 1 aliphatic heterocycles. The maximum atomic E-state index is 13.0. The van der Waals surface area contributed by atoms with E-state index in [1.165, 1.54) is 6.07 Å². The zero-order chi connectivity index (χ0) is 11.5. The molecule has 1 aliphatic rings. The first-order chi connectivity index (χ1) is 7.68. The van der Waals surface area contributed by atoms with Crippen LogP contribution in [0.4, 0.5) is 4.39 Å². The molecule has 1 heterocycles. The Kier molecular flexibility index (Phi) is 3.71. The molecule has 1 saturated heterocycles. The molecule has 0 aromatic heterocycles. The lowest BCUT2D eigenvalue weighted by Crippen LogP contribution is -2.31. The van der Waals surface area contributed by atoms with Crippen molar-refractivity contribution in [3.8, 4) is 0 Å². The van der Waals surface area contributed by atoms with Crippen LogP contribution in [0.2, 0.25) is 0 Å². The Hall–Kier alpha value is -0.740. The number of carbonyl (C=O) groups excluding carboxylic acids is 1. The molecule has 86 valence electrons. The summed E-state index contributed by atoms with van der Waals surface area (Å²) in [5, 5.41) is 3.22. The van der Waals surface area contributed by atoms with E-state index >= 15 is 0 Å². The first kappa shape index (κ1) is 11.7. The third-order valence-corrected chi connectivity index (χ3v) is 3.52. The smallest absolute Gasteiger partial charge is 0.166 e. The monoisotopic (exact) mass is 285 g/mol. The van der Waals surface area contributed by atoms with Gasteiger partial charge in [-0.15, -0.1) is 0 Å². The summed E-state index contributed by atoms with van der Waals surface area (Å²) in [6.45, 7) is 1.78. The average Bonchev–Trinajstić information content (AvgIpc) is 2.33. The van der Waals surface area contributed by atoms with Crippen molar-refractivity contribution in [1.29, 1.82) is 0 Å². The van der Waals surface area contributed by atoms with Gasteiger partial charge in [-0.05, 0) is 60.1 Å². The fourth-order valence-electron chi connectivity index (χ4n) is 1.97. The molecule has 0 unspecified atom stereocenters. The van der Waals surface area contributed by atoms with Crippen LogP contribution in [0, 0.1) is 11.7 Å². The molecule has 0 radical (unpaired) electrons. The van der Waals surface area contributed by atoms with Crippen LogP contribution in [-0.2, 0) is 0 Å². The number of benzene rings is 1. The lowest BCUT2D eigenvalue weighted by molar-refractivity contribution is 0.0895. The van der Waals surface area contributed by atoms with Gasteiger partial charge in [-0.2, -0.15) is 0 Å². The minimum Gasteiger partial charge on any atom is -0.317 e. The van der Waals surface area contributed by atoms with Crippen molar-refractivity contribution in [2.45, 2.75) is 12.8 Å². The fourth-order valence-corrected chi connectivity index (χ4v) is 2.35. The predicted octanol–water partition coefficient (Wildman–Crippen LogP) is 2.77. The summed E-state index contributed by atoms with van der Waals surface area (Å²) >= 11 is 3.10. The molecule has 16 heavy (non-hydrogen) atoms. The quantitative estimate of drug-likeness (QED) is 0.847. The Balaban J connectivity index is 2.16. The summed E-state index contributed by atoms with van der Waals surface area (Å²) < 4.78 is 13.4. The molecule has 0 bridgehead atoms. The Morgan fingerprint density at radius 3 is 2.69 bits per heavy atom. The van der Waals surface area contributed by atoms with E-state index in [0.29, 0.717) is 10.0 Å². The lowest BCUT2D eigenvalue weighted by atomic mass is 9.90. The second-order valence-corrected chi connectivity index (χ2v) is 4.87. The van der Waals surface area contributed by atoms with Crippen molar-refractivity contribution < 1.29 is 9.18 Å². The molecule has 0 aliphatic carbocycles. The summed E-state index contributed by atoms with van der Waals surface area (Å²) in [5.74, 6) is -0.123.